The molecule has 3 nitrogen and oxygen atoms in total. The Hall–Kier alpha value is -1.33. The van der Waals surface area contributed by atoms with Crippen LogP contribution in [0.4, 0.5) is 13.2 Å². The zero-order valence-electron chi connectivity index (χ0n) is 12.5. The van der Waals surface area contributed by atoms with Crippen LogP contribution in [0, 0.1) is 5.92 Å². The van der Waals surface area contributed by atoms with Crippen molar-refractivity contribution in [1.29, 1.82) is 0 Å². The third kappa shape index (κ3) is 4.35. The van der Waals surface area contributed by atoms with Crippen LogP contribution in [0.3, 0.4) is 0 Å². The number of rotatable bonds is 4. The first-order chi connectivity index (χ1) is 8.92. The van der Waals surface area contributed by atoms with Crippen LogP contribution in [0.2, 0.25) is 0 Å². The van der Waals surface area contributed by atoms with E-state index in [2.05, 4.69) is 5.10 Å². The second-order valence-electron chi connectivity index (χ2n) is 6.27. The average molecular weight is 290 g/mol. The minimum absolute atomic E-state index is 0.185. The van der Waals surface area contributed by atoms with Gasteiger partial charge in [-0.3, -0.25) is 9.48 Å². The third-order valence-corrected chi connectivity index (χ3v) is 2.93. The van der Waals surface area contributed by atoms with E-state index in [1.807, 2.05) is 20.8 Å². The Kier molecular flexibility index (Phi) is 4.66. The van der Waals surface area contributed by atoms with Crippen LogP contribution >= 0.6 is 0 Å². The van der Waals surface area contributed by atoms with E-state index in [0.29, 0.717) is 5.69 Å². The summed E-state index contributed by atoms with van der Waals surface area (Å²) in [5, 5.41) is 4.18. The molecule has 1 aromatic heterocycles. The zero-order chi connectivity index (χ0) is 15.7. The molecule has 0 aliphatic carbocycles. The molecule has 0 atom stereocenters. The number of hydrogen-bond acceptors (Lipinski definition) is 2. The molecule has 0 amide bonds. The molecular weight excluding hydrogens is 269 g/mol. The van der Waals surface area contributed by atoms with Crippen molar-refractivity contribution in [1.82, 2.24) is 9.78 Å². The Labute approximate surface area is 117 Å². The van der Waals surface area contributed by atoms with Gasteiger partial charge < -0.3 is 0 Å². The molecule has 0 saturated carbocycles. The van der Waals surface area contributed by atoms with E-state index in [1.54, 1.807) is 19.9 Å². The maximum atomic E-state index is 12.3. The molecule has 0 aliphatic heterocycles. The summed E-state index contributed by atoms with van der Waals surface area (Å²) in [6.07, 6.45) is -5.25. The smallest absolute Gasteiger partial charge is 0.292 e. The van der Waals surface area contributed by atoms with E-state index in [4.69, 9.17) is 0 Å². The fraction of sp³-hybridized carbons (Fsp3) is 0.714. The van der Waals surface area contributed by atoms with E-state index < -0.39 is 12.6 Å². The van der Waals surface area contributed by atoms with Crippen LogP contribution in [-0.2, 0) is 12.0 Å². The number of halogens is 3. The van der Waals surface area contributed by atoms with E-state index in [1.165, 1.54) is 4.68 Å². The van der Waals surface area contributed by atoms with Crippen LogP contribution in [0.15, 0.2) is 6.07 Å². The molecule has 0 radical (unpaired) electrons. The van der Waals surface area contributed by atoms with Gasteiger partial charge in [0, 0.05) is 11.3 Å². The van der Waals surface area contributed by atoms with Gasteiger partial charge >= 0.3 is 6.18 Å². The second kappa shape index (κ2) is 5.58. The zero-order valence-corrected chi connectivity index (χ0v) is 12.5. The highest BCUT2D eigenvalue weighted by atomic mass is 19.4. The predicted octanol–water partition coefficient (Wildman–Crippen LogP) is 3.97. The van der Waals surface area contributed by atoms with Crippen molar-refractivity contribution in [2.45, 2.75) is 59.2 Å². The van der Waals surface area contributed by atoms with Crippen molar-refractivity contribution >= 4 is 5.78 Å². The second-order valence-corrected chi connectivity index (χ2v) is 6.27. The fourth-order valence-corrected chi connectivity index (χ4v) is 1.68. The van der Waals surface area contributed by atoms with Gasteiger partial charge in [-0.2, -0.15) is 18.3 Å². The molecule has 1 aromatic rings. The van der Waals surface area contributed by atoms with Crippen molar-refractivity contribution in [2.24, 2.45) is 5.92 Å². The Balaban J connectivity index is 3.13. The molecule has 0 fully saturated rings. The van der Waals surface area contributed by atoms with E-state index >= 15 is 0 Å². The highest BCUT2D eigenvalue weighted by Crippen LogP contribution is 2.25. The highest BCUT2D eigenvalue weighted by molar-refractivity contribution is 5.96. The fourth-order valence-electron chi connectivity index (χ4n) is 1.68. The van der Waals surface area contributed by atoms with Gasteiger partial charge in [0.1, 0.15) is 5.69 Å². The normalized spacial score (nSPS) is 13.1. The van der Waals surface area contributed by atoms with E-state index in [-0.39, 0.29) is 29.4 Å². The molecular formula is C14H21F3N2O. The van der Waals surface area contributed by atoms with Crippen LogP contribution in [0.5, 0.6) is 0 Å². The van der Waals surface area contributed by atoms with Gasteiger partial charge in [-0.15, -0.1) is 0 Å². The lowest BCUT2D eigenvalue weighted by atomic mass is 9.91. The van der Waals surface area contributed by atoms with E-state index in [0.717, 1.165) is 0 Å². The molecule has 20 heavy (non-hydrogen) atoms. The van der Waals surface area contributed by atoms with Crippen molar-refractivity contribution < 1.29 is 18.0 Å². The molecule has 0 aromatic carbocycles. The summed E-state index contributed by atoms with van der Waals surface area (Å²) in [5.41, 5.74) is 0.577. The largest absolute Gasteiger partial charge is 0.390 e. The topological polar surface area (TPSA) is 34.9 Å². The molecule has 6 heteroatoms. The van der Waals surface area contributed by atoms with Gasteiger partial charge in [-0.25, -0.2) is 0 Å². The van der Waals surface area contributed by atoms with Gasteiger partial charge in [0.15, 0.2) is 5.78 Å². The predicted molar refractivity (Wildman–Crippen MR) is 70.8 cm³/mol. The number of aryl methyl sites for hydroxylation is 1. The Morgan fingerprint density at radius 2 is 1.85 bits per heavy atom. The lowest BCUT2D eigenvalue weighted by molar-refractivity contribution is -0.137. The van der Waals surface area contributed by atoms with Crippen molar-refractivity contribution in [3.8, 4) is 0 Å². The molecule has 1 heterocycles. The number of hydrogen-bond donors (Lipinski definition) is 0. The van der Waals surface area contributed by atoms with Gasteiger partial charge in [0.05, 0.1) is 18.7 Å². The highest BCUT2D eigenvalue weighted by Gasteiger charge is 2.29. The summed E-state index contributed by atoms with van der Waals surface area (Å²) in [6, 6.07) is 1.61. The number of alkyl halides is 3. The number of Topliss-reactive ketones (excluding diaryl/α,β-unsaturated/α-hetero) is 1. The Morgan fingerprint density at radius 3 is 2.25 bits per heavy atom. The molecule has 0 saturated heterocycles. The van der Waals surface area contributed by atoms with Crippen LogP contribution in [0.25, 0.3) is 0 Å². The van der Waals surface area contributed by atoms with Crippen LogP contribution in [-0.4, -0.2) is 21.7 Å². The first kappa shape index (κ1) is 16.7. The van der Waals surface area contributed by atoms with Gasteiger partial charge in [-0.05, 0) is 6.07 Å². The number of carbonyl (C=O) groups excluding carboxylic acids is 1. The van der Waals surface area contributed by atoms with Gasteiger partial charge in [0.2, 0.25) is 0 Å². The molecule has 0 spiro atoms. The number of ketones is 1. The summed E-state index contributed by atoms with van der Waals surface area (Å²) in [4.78, 5) is 12.1. The molecule has 114 valence electrons. The summed E-state index contributed by atoms with van der Waals surface area (Å²) in [7, 11) is 0. The SMILES string of the molecule is CC(C)C(=O)c1cc(C(C)(C)C)nn1CCC(F)(F)F. The van der Waals surface area contributed by atoms with Crippen molar-refractivity contribution in [2.75, 3.05) is 0 Å². The number of carbonyl (C=O) groups is 1. The van der Waals surface area contributed by atoms with Crippen LogP contribution < -0.4 is 0 Å². The lowest BCUT2D eigenvalue weighted by Gasteiger charge is -2.14. The Bertz CT molecular complexity index is 482. The minimum Gasteiger partial charge on any atom is -0.292 e. The summed E-state index contributed by atoms with van der Waals surface area (Å²) in [6.45, 7) is 8.85. The quantitative estimate of drug-likeness (QED) is 0.786. The third-order valence-electron chi connectivity index (χ3n) is 2.93. The molecule has 0 N–H and O–H groups in total. The van der Waals surface area contributed by atoms with Crippen LogP contribution in [0.1, 0.15) is 57.2 Å². The standard InChI is InChI=1S/C14H21F3N2O/c1-9(2)12(20)10-8-11(13(3,4)5)18-19(10)7-6-14(15,16)17/h8-9H,6-7H2,1-5H3. The summed E-state index contributed by atoms with van der Waals surface area (Å²) < 4.78 is 38.2. The van der Waals surface area contributed by atoms with Crippen molar-refractivity contribution in [3.05, 3.63) is 17.5 Å². The first-order valence-corrected chi connectivity index (χ1v) is 6.61. The molecule has 0 unspecified atom stereocenters. The van der Waals surface area contributed by atoms with Crippen molar-refractivity contribution in [3.63, 3.8) is 0 Å². The number of aromatic nitrogens is 2. The van der Waals surface area contributed by atoms with Gasteiger partial charge in [0.25, 0.3) is 0 Å². The molecule has 1 rings (SSSR count). The summed E-state index contributed by atoms with van der Waals surface area (Å²) in [5.74, 6) is -0.459. The molecule has 0 bridgehead atoms. The maximum Gasteiger partial charge on any atom is 0.390 e. The van der Waals surface area contributed by atoms with Gasteiger partial charge in [-0.1, -0.05) is 34.6 Å². The van der Waals surface area contributed by atoms with E-state index in [9.17, 15) is 18.0 Å². The first-order valence-electron chi connectivity index (χ1n) is 6.61. The average Bonchev–Trinajstić information content (AvgIpc) is 2.67. The summed E-state index contributed by atoms with van der Waals surface area (Å²) >= 11 is 0. The maximum absolute atomic E-state index is 12.3. The Morgan fingerprint density at radius 1 is 1.30 bits per heavy atom. The molecule has 0 aliphatic rings. The lowest BCUT2D eigenvalue weighted by Crippen LogP contribution is -2.19. The monoisotopic (exact) mass is 290 g/mol. The minimum atomic E-state index is -4.26. The number of nitrogens with zero attached hydrogens (tertiary/aromatic N) is 2.